The molecule has 4 nitrogen and oxygen atoms in total. The Bertz CT molecular complexity index is 1960. The molecule has 4 aromatic rings. The third-order valence-electron chi connectivity index (χ3n) is 11.6. The predicted octanol–water partition coefficient (Wildman–Crippen LogP) is 14.8. The van der Waals surface area contributed by atoms with E-state index in [1.54, 1.807) is 0 Å². The lowest BCUT2D eigenvalue weighted by Crippen LogP contribution is -2.36. The van der Waals surface area contributed by atoms with E-state index in [0.29, 0.717) is 22.0 Å². The van der Waals surface area contributed by atoms with E-state index in [9.17, 15) is 0 Å². The van der Waals surface area contributed by atoms with Gasteiger partial charge in [0.05, 0.1) is 0 Å². The van der Waals surface area contributed by atoms with Crippen LogP contribution in [-0.2, 0) is 22.3 Å². The normalized spacial score (nSPS) is 21.7. The molecule has 0 saturated heterocycles. The summed E-state index contributed by atoms with van der Waals surface area (Å²) in [6.45, 7) is 26.1. The molecule has 0 bridgehead atoms. The van der Waals surface area contributed by atoms with Gasteiger partial charge in [-0.3, -0.25) is 0 Å². The maximum Gasteiger partial charge on any atom is 0.246 e. The standard InChI is InChI=1S/C51H68O4S2/c1-33-21-19-22-34(2)45(33)52-41-29-39(49(5,6)7)27-37-31-56(13)43-25-17-15-16-18-26-44(43)57(14)32-38-28-40(50(8,9)10)30-42(48(38)55-51(11,12)54-47(37)41)53-46-35(3)23-20-24-36(46)4/h19-24,27-30,43-44H,13-18,25-26,31-32H2,1-12H3. The molecule has 1 heterocycles. The average molecular weight is 809 g/mol. The quantitative estimate of drug-likeness (QED) is 0.192. The lowest BCUT2D eigenvalue weighted by atomic mass is 9.86. The molecule has 4 unspecified atom stereocenters. The second-order valence-electron chi connectivity index (χ2n) is 19.1. The highest BCUT2D eigenvalue weighted by atomic mass is 32.2. The van der Waals surface area contributed by atoms with E-state index in [4.69, 9.17) is 30.7 Å². The van der Waals surface area contributed by atoms with Gasteiger partial charge in [0.25, 0.3) is 0 Å². The van der Waals surface area contributed by atoms with Crippen molar-refractivity contribution in [3.05, 3.63) is 105 Å². The molecular weight excluding hydrogens is 741 g/mol. The fraction of sp³-hybridized carbons (Fsp3) is 0.490. The Labute approximate surface area is 349 Å². The predicted molar refractivity (Wildman–Crippen MR) is 250 cm³/mol. The van der Waals surface area contributed by atoms with Gasteiger partial charge in [-0.05, 0) is 96.9 Å². The summed E-state index contributed by atoms with van der Waals surface area (Å²) in [7, 11) is -0.388. The smallest absolute Gasteiger partial charge is 0.246 e. The molecule has 4 aromatic carbocycles. The van der Waals surface area contributed by atoms with E-state index in [0.717, 1.165) is 67.9 Å². The maximum absolute atomic E-state index is 7.27. The molecule has 0 radical (unpaired) electrons. The van der Waals surface area contributed by atoms with Crippen molar-refractivity contribution in [1.82, 2.24) is 0 Å². The van der Waals surface area contributed by atoms with Crippen molar-refractivity contribution in [1.29, 1.82) is 0 Å². The van der Waals surface area contributed by atoms with E-state index in [2.05, 4.69) is 130 Å². The fourth-order valence-electron chi connectivity index (χ4n) is 8.23. The van der Waals surface area contributed by atoms with Gasteiger partial charge in [-0.2, -0.15) is 21.0 Å². The zero-order valence-electron chi connectivity index (χ0n) is 36.9. The zero-order valence-corrected chi connectivity index (χ0v) is 38.6. The number of ether oxygens (including phenoxy) is 4. The van der Waals surface area contributed by atoms with Crippen LogP contribution < -0.4 is 18.9 Å². The van der Waals surface area contributed by atoms with Crippen LogP contribution in [0.5, 0.6) is 34.5 Å². The number of hydrogen-bond donors (Lipinski definition) is 0. The summed E-state index contributed by atoms with van der Waals surface area (Å²) in [6, 6.07) is 21.7. The van der Waals surface area contributed by atoms with Crippen LogP contribution in [0.2, 0.25) is 0 Å². The lowest BCUT2D eigenvalue weighted by Gasteiger charge is -2.34. The van der Waals surface area contributed by atoms with Crippen LogP contribution in [0.1, 0.15) is 138 Å². The Morgan fingerprint density at radius 2 is 0.930 bits per heavy atom. The Morgan fingerprint density at radius 3 is 1.26 bits per heavy atom. The molecule has 0 spiro atoms. The van der Waals surface area contributed by atoms with E-state index in [1.807, 2.05) is 13.8 Å². The van der Waals surface area contributed by atoms with E-state index in [1.165, 1.54) is 49.7 Å². The summed E-state index contributed by atoms with van der Waals surface area (Å²) < 4.78 is 28.6. The monoisotopic (exact) mass is 808 g/mol. The van der Waals surface area contributed by atoms with Crippen molar-refractivity contribution in [2.45, 2.75) is 160 Å². The maximum atomic E-state index is 7.27. The van der Waals surface area contributed by atoms with E-state index < -0.39 is 5.79 Å². The summed E-state index contributed by atoms with van der Waals surface area (Å²) in [5.74, 6) is 15.1. The highest BCUT2D eigenvalue weighted by Gasteiger charge is 2.35. The summed E-state index contributed by atoms with van der Waals surface area (Å²) in [5, 5.41) is 0.907. The summed E-state index contributed by atoms with van der Waals surface area (Å²) >= 11 is 0. The Hall–Kier alpha value is -3.48. The highest BCUT2D eigenvalue weighted by molar-refractivity contribution is 8.17. The third-order valence-corrected chi connectivity index (χ3v) is 16.0. The largest absolute Gasteiger partial charge is 0.453 e. The molecule has 0 N–H and O–H groups in total. The van der Waals surface area contributed by atoms with Gasteiger partial charge in [0, 0.05) is 47.0 Å². The van der Waals surface area contributed by atoms with Crippen molar-refractivity contribution in [3.63, 3.8) is 0 Å². The number of aryl methyl sites for hydroxylation is 4. The Kier molecular flexibility index (Phi) is 12.9. The first-order valence-corrected chi connectivity index (χ1v) is 24.2. The number of benzene rings is 4. The second kappa shape index (κ2) is 17.0. The summed E-state index contributed by atoms with van der Waals surface area (Å²) in [4.78, 5) is 0. The number of hydrogen-bond acceptors (Lipinski definition) is 4. The zero-order chi connectivity index (χ0) is 41.4. The van der Waals surface area contributed by atoms with Crippen LogP contribution in [0, 0.1) is 27.7 Å². The molecule has 57 heavy (non-hydrogen) atoms. The molecule has 6 rings (SSSR count). The molecule has 1 saturated carbocycles. The van der Waals surface area contributed by atoms with Crippen LogP contribution in [0.4, 0.5) is 0 Å². The van der Waals surface area contributed by atoms with Gasteiger partial charge >= 0.3 is 0 Å². The van der Waals surface area contributed by atoms with Crippen molar-refractivity contribution < 1.29 is 18.9 Å². The second-order valence-corrected chi connectivity index (χ2v) is 23.0. The number of fused-ring (bicyclic) bond motifs is 3. The molecule has 1 fully saturated rings. The molecule has 0 aromatic heterocycles. The number of rotatable bonds is 4. The van der Waals surface area contributed by atoms with Crippen molar-refractivity contribution in [3.8, 4) is 34.5 Å². The molecular formula is C51H68O4S2. The van der Waals surface area contributed by atoms with Gasteiger partial charge in [-0.1, -0.05) is 127 Å². The first-order valence-electron chi connectivity index (χ1n) is 20.9. The van der Waals surface area contributed by atoms with Gasteiger partial charge in [0.1, 0.15) is 11.5 Å². The molecule has 0 amide bonds. The Balaban J connectivity index is 1.62. The van der Waals surface area contributed by atoms with Gasteiger partial charge in [0.2, 0.25) is 5.79 Å². The van der Waals surface area contributed by atoms with Crippen LogP contribution in [0.15, 0.2) is 60.7 Å². The van der Waals surface area contributed by atoms with Gasteiger partial charge in [-0.25, -0.2) is 0 Å². The van der Waals surface area contributed by atoms with Crippen LogP contribution >= 0.6 is 21.0 Å². The molecule has 1 aliphatic heterocycles. The molecule has 4 atom stereocenters. The molecule has 308 valence electrons. The van der Waals surface area contributed by atoms with Gasteiger partial charge in [-0.15, -0.1) is 0 Å². The average Bonchev–Trinajstić information content (AvgIpc) is 3.09. The third kappa shape index (κ3) is 10.0. The summed E-state index contributed by atoms with van der Waals surface area (Å²) in [6.07, 6.45) is 7.39. The molecule has 1 aliphatic carbocycles. The van der Waals surface area contributed by atoms with E-state index >= 15 is 0 Å². The SMILES string of the molecule is C=S1Cc2cc(C(C)(C)C)cc(Oc3c(C)cccc3C)c2OC(C)(C)Oc2c(cc(C(C)(C)C)cc2Oc2c(C)cccc2C)CS(=C)C2CCCCCCC21. The van der Waals surface area contributed by atoms with Crippen molar-refractivity contribution in [2.24, 2.45) is 0 Å². The minimum atomic E-state index is -1.12. The summed E-state index contributed by atoms with van der Waals surface area (Å²) in [5.41, 5.74) is 8.76. The first kappa shape index (κ1) is 43.1. The first-order chi connectivity index (χ1) is 26.7. The van der Waals surface area contributed by atoms with Crippen LogP contribution in [-0.4, -0.2) is 28.0 Å². The van der Waals surface area contributed by atoms with Gasteiger partial charge in [0.15, 0.2) is 23.0 Å². The Morgan fingerprint density at radius 1 is 0.579 bits per heavy atom. The van der Waals surface area contributed by atoms with Crippen molar-refractivity contribution in [2.75, 3.05) is 0 Å². The highest BCUT2D eigenvalue weighted by Crippen LogP contribution is 2.51. The lowest BCUT2D eigenvalue weighted by molar-refractivity contribution is -0.0838. The molecule has 2 aliphatic rings. The number of para-hydroxylation sites is 2. The molecule has 6 heteroatoms. The topological polar surface area (TPSA) is 36.9 Å². The van der Waals surface area contributed by atoms with Gasteiger partial charge < -0.3 is 18.9 Å². The minimum absolute atomic E-state index is 0.118. The van der Waals surface area contributed by atoms with Crippen LogP contribution in [0.3, 0.4) is 0 Å². The fourth-order valence-corrected chi connectivity index (χ4v) is 13.0. The van der Waals surface area contributed by atoms with Crippen LogP contribution in [0.25, 0.3) is 0 Å². The van der Waals surface area contributed by atoms with Crippen molar-refractivity contribution >= 4 is 32.7 Å². The van der Waals surface area contributed by atoms with E-state index in [-0.39, 0.29) is 31.8 Å². The minimum Gasteiger partial charge on any atom is -0.453 e.